The van der Waals surface area contributed by atoms with Crippen molar-refractivity contribution in [2.45, 2.75) is 25.2 Å². The Labute approximate surface area is 276 Å². The van der Waals surface area contributed by atoms with Crippen molar-refractivity contribution >= 4 is 50.9 Å². The SMILES string of the molecule is C/C=C/C=C/c1cc2c(-c3ccc4[nH]ccc4c3)c3c(c(O)c2c(=O)[nH]1)[C@@]1(CC3)C(=O)c2c(O)c3c(c(O)c2C1=O)C(=O)C(OC)=CC3=O. The van der Waals surface area contributed by atoms with Crippen LogP contribution in [-0.2, 0) is 16.6 Å². The number of methoxy groups -OCH3 is 1. The zero-order valence-electron chi connectivity index (χ0n) is 26.1. The van der Waals surface area contributed by atoms with Crippen LogP contribution in [-0.4, -0.2) is 55.5 Å². The summed E-state index contributed by atoms with van der Waals surface area (Å²) in [6.07, 6.45) is 9.58. The number of carbonyl (C=O) groups is 4. The van der Waals surface area contributed by atoms with Crippen molar-refractivity contribution in [1.82, 2.24) is 9.97 Å². The molecule has 2 heterocycles. The summed E-state index contributed by atoms with van der Waals surface area (Å²) < 4.78 is 4.98. The molecule has 0 saturated heterocycles. The Hall–Kier alpha value is -6.49. The molecule has 8 rings (SSSR count). The summed E-state index contributed by atoms with van der Waals surface area (Å²) in [4.78, 5) is 75.1. The summed E-state index contributed by atoms with van der Waals surface area (Å²) in [6.45, 7) is 1.85. The second kappa shape index (κ2) is 10.3. The van der Waals surface area contributed by atoms with Crippen LogP contribution in [0.5, 0.6) is 17.2 Å². The number of aromatic hydroxyl groups is 3. The monoisotopic (exact) mass is 654 g/mol. The highest BCUT2D eigenvalue weighted by atomic mass is 16.5. The van der Waals surface area contributed by atoms with Crippen LogP contribution in [0, 0.1) is 0 Å². The van der Waals surface area contributed by atoms with E-state index in [1.165, 1.54) is 0 Å². The number of pyridine rings is 1. The summed E-state index contributed by atoms with van der Waals surface area (Å²) in [5.74, 6) is -6.68. The van der Waals surface area contributed by atoms with Crippen molar-refractivity contribution in [3.05, 3.63) is 116 Å². The lowest BCUT2D eigenvalue weighted by Gasteiger charge is -2.24. The van der Waals surface area contributed by atoms with Crippen molar-refractivity contribution < 1.29 is 39.2 Å². The number of rotatable bonds is 4. The van der Waals surface area contributed by atoms with Gasteiger partial charge in [0.05, 0.1) is 34.7 Å². The van der Waals surface area contributed by atoms with E-state index < -0.39 is 79.4 Å². The van der Waals surface area contributed by atoms with Gasteiger partial charge in [-0.05, 0) is 72.2 Å². The van der Waals surface area contributed by atoms with Crippen molar-refractivity contribution in [1.29, 1.82) is 0 Å². The molecule has 0 bridgehead atoms. The summed E-state index contributed by atoms with van der Waals surface area (Å²) in [5.41, 5.74) is -2.60. The number of aromatic amines is 2. The van der Waals surface area contributed by atoms with Gasteiger partial charge < -0.3 is 30.0 Å². The van der Waals surface area contributed by atoms with E-state index in [2.05, 4.69) is 9.97 Å². The van der Waals surface area contributed by atoms with E-state index in [1.54, 1.807) is 30.5 Å². The number of carbonyl (C=O) groups excluding carboxylic acids is 4. The highest BCUT2D eigenvalue weighted by molar-refractivity contribution is 6.39. The van der Waals surface area contributed by atoms with Gasteiger partial charge in [-0.2, -0.15) is 0 Å². The predicted molar refractivity (Wildman–Crippen MR) is 180 cm³/mol. The number of fused-ring (bicyclic) bond motifs is 6. The van der Waals surface area contributed by atoms with E-state index >= 15 is 0 Å². The smallest absolute Gasteiger partial charge is 0.260 e. The quantitative estimate of drug-likeness (QED) is 0.0940. The van der Waals surface area contributed by atoms with Gasteiger partial charge in [0, 0.05) is 34.4 Å². The van der Waals surface area contributed by atoms with E-state index in [-0.39, 0.29) is 23.8 Å². The lowest BCUT2D eigenvalue weighted by Crippen LogP contribution is -2.36. The first kappa shape index (κ1) is 29.9. The van der Waals surface area contributed by atoms with Gasteiger partial charge in [0.1, 0.15) is 22.7 Å². The third-order valence-electron chi connectivity index (χ3n) is 9.85. The summed E-state index contributed by atoms with van der Waals surface area (Å²) in [7, 11) is 1.15. The maximum absolute atomic E-state index is 14.6. The fraction of sp³-hybridized carbons (Fsp3) is 0.132. The Kier molecular flexibility index (Phi) is 6.25. The van der Waals surface area contributed by atoms with Crippen LogP contribution in [0.3, 0.4) is 0 Å². The van der Waals surface area contributed by atoms with E-state index in [9.17, 15) is 39.3 Å². The molecule has 11 nitrogen and oxygen atoms in total. The second-order valence-electron chi connectivity index (χ2n) is 12.3. The second-order valence-corrected chi connectivity index (χ2v) is 12.3. The average Bonchev–Trinajstić information content (AvgIpc) is 3.77. The normalized spacial score (nSPS) is 18.4. The molecule has 5 N–H and O–H groups in total. The first-order valence-electron chi connectivity index (χ1n) is 15.4. The maximum Gasteiger partial charge on any atom is 0.260 e. The number of hydrogen-bond acceptors (Lipinski definition) is 9. The Morgan fingerprint density at radius 3 is 2.31 bits per heavy atom. The van der Waals surface area contributed by atoms with Crippen LogP contribution in [0.1, 0.15) is 71.6 Å². The first-order valence-corrected chi connectivity index (χ1v) is 15.4. The molecule has 5 aromatic rings. The molecule has 0 radical (unpaired) electrons. The summed E-state index contributed by atoms with van der Waals surface area (Å²) >= 11 is 0. The molecule has 1 spiro atoms. The molecule has 3 aromatic carbocycles. The Bertz CT molecular complexity index is 2580. The van der Waals surface area contributed by atoms with Crippen LogP contribution in [0.25, 0.3) is 38.9 Å². The molecule has 0 saturated carbocycles. The Morgan fingerprint density at radius 1 is 0.857 bits per heavy atom. The lowest BCUT2D eigenvalue weighted by molar-refractivity contribution is 0.0790. The molecule has 3 aliphatic rings. The van der Waals surface area contributed by atoms with Gasteiger partial charge in [-0.1, -0.05) is 24.3 Å². The molecule has 11 heteroatoms. The molecule has 1 atom stereocenters. The van der Waals surface area contributed by atoms with Crippen molar-refractivity contribution in [3.8, 4) is 28.4 Å². The number of aromatic nitrogens is 2. The number of nitrogens with one attached hydrogen (secondary N) is 2. The molecule has 242 valence electrons. The van der Waals surface area contributed by atoms with Gasteiger partial charge in [-0.25, -0.2) is 0 Å². The summed E-state index contributed by atoms with van der Waals surface area (Å²) in [5, 5.41) is 35.9. The number of hydrogen-bond donors (Lipinski definition) is 5. The molecule has 0 fully saturated rings. The van der Waals surface area contributed by atoms with Gasteiger partial charge in [-0.3, -0.25) is 24.0 Å². The number of ketones is 4. The Morgan fingerprint density at radius 2 is 1.59 bits per heavy atom. The molecule has 49 heavy (non-hydrogen) atoms. The zero-order chi connectivity index (χ0) is 34.5. The summed E-state index contributed by atoms with van der Waals surface area (Å²) in [6, 6.07) is 9.19. The van der Waals surface area contributed by atoms with Crippen molar-refractivity contribution in [2.75, 3.05) is 7.11 Å². The van der Waals surface area contributed by atoms with Gasteiger partial charge >= 0.3 is 0 Å². The van der Waals surface area contributed by atoms with Crippen LogP contribution < -0.4 is 5.56 Å². The third kappa shape index (κ3) is 3.75. The average molecular weight is 655 g/mol. The molecular weight excluding hydrogens is 628 g/mol. The van der Waals surface area contributed by atoms with E-state index in [1.807, 2.05) is 37.3 Å². The number of benzene rings is 3. The number of phenols is 3. The van der Waals surface area contributed by atoms with Crippen LogP contribution in [0.4, 0.5) is 0 Å². The minimum absolute atomic E-state index is 0.0931. The molecule has 0 unspecified atom stereocenters. The fourth-order valence-corrected chi connectivity index (χ4v) is 7.76. The van der Waals surface area contributed by atoms with Crippen LogP contribution in [0.2, 0.25) is 0 Å². The first-order chi connectivity index (χ1) is 23.5. The highest BCUT2D eigenvalue weighted by Gasteiger charge is 2.62. The topological polar surface area (TPSA) is 187 Å². The molecular formula is C38H26N2O9. The molecule has 0 aliphatic heterocycles. The van der Waals surface area contributed by atoms with Gasteiger partial charge in [-0.15, -0.1) is 0 Å². The molecule has 0 amide bonds. The van der Waals surface area contributed by atoms with Crippen molar-refractivity contribution in [3.63, 3.8) is 0 Å². The standard InChI is InChI=1S/C38H26N2O9/c1-3-4-5-6-18-14-20-24(17-7-8-21-16(13-17)10-12-39-21)19-9-11-38(30(19)34(45)25(20)37(48)40-18)35(46)28-29(36(38)47)33(44)27-26(32(28)43)22(41)15-23(49-2)31(27)42/h3-8,10,12-15,39,43-45H,9,11H2,1-2H3,(H,40,48)/b4-3+,6-5+/t38-/m0/s1. The van der Waals surface area contributed by atoms with Gasteiger partial charge in [0.15, 0.2) is 23.1 Å². The van der Waals surface area contributed by atoms with E-state index in [0.717, 1.165) is 24.1 Å². The van der Waals surface area contributed by atoms with E-state index in [0.29, 0.717) is 27.8 Å². The van der Waals surface area contributed by atoms with Gasteiger partial charge in [0.25, 0.3) is 5.56 Å². The third-order valence-corrected chi connectivity index (χ3v) is 9.85. The minimum Gasteiger partial charge on any atom is -0.507 e. The number of allylic oxidation sites excluding steroid dienone is 5. The van der Waals surface area contributed by atoms with E-state index in [4.69, 9.17) is 4.74 Å². The Balaban J connectivity index is 1.45. The highest BCUT2D eigenvalue weighted by Crippen LogP contribution is 2.59. The largest absolute Gasteiger partial charge is 0.507 e. The zero-order valence-corrected chi connectivity index (χ0v) is 26.1. The van der Waals surface area contributed by atoms with Crippen LogP contribution >= 0.6 is 0 Å². The predicted octanol–water partition coefficient (Wildman–Crippen LogP) is 5.56. The fourth-order valence-electron chi connectivity index (χ4n) is 7.76. The molecule has 2 aromatic heterocycles. The maximum atomic E-state index is 14.6. The van der Waals surface area contributed by atoms with Gasteiger partial charge in [0.2, 0.25) is 5.78 Å². The molecule has 3 aliphatic carbocycles. The van der Waals surface area contributed by atoms with Crippen LogP contribution in [0.15, 0.2) is 71.4 Å². The number of Topliss-reactive ketones (excluding diaryl/α,β-unsaturated/α-hetero) is 3. The number of phenolic OH excluding ortho intramolecular Hbond substituents is 3. The minimum atomic E-state index is -2.18. The lowest BCUT2D eigenvalue weighted by atomic mass is 9.75. The van der Waals surface area contributed by atoms with Crippen molar-refractivity contribution in [2.24, 2.45) is 0 Å². The number of H-pyrrole nitrogens is 2. The number of ether oxygens (including phenoxy) is 1.